The first-order valence-electron chi connectivity index (χ1n) is 1.41. The molecule has 0 atom stereocenters. The van der Waals surface area contributed by atoms with E-state index in [0.29, 0.717) is 0 Å². The van der Waals surface area contributed by atoms with Crippen molar-refractivity contribution in [3.8, 4) is 13.1 Å². The molecule has 0 saturated carbocycles. The van der Waals surface area contributed by atoms with Crippen molar-refractivity contribution in [2.24, 2.45) is 0 Å². The second-order valence-electron chi connectivity index (χ2n) is 0.600. The molecular weight excluding hydrogens is 190 g/mol. The van der Waals surface area contributed by atoms with E-state index in [-0.39, 0.29) is 59.1 Å². The van der Waals surface area contributed by atoms with Gasteiger partial charge >= 0.3 is 68.2 Å². The van der Waals surface area contributed by atoms with Crippen molar-refractivity contribution < 1.29 is 19.2 Å². The predicted molar refractivity (Wildman–Crippen MR) is 42.3 cm³/mol. The van der Waals surface area contributed by atoms with Crippen molar-refractivity contribution >= 4 is 68.2 Å². The Balaban J connectivity index is -0.0000000178. The Morgan fingerprint density at radius 1 is 0.727 bits per heavy atom. The van der Waals surface area contributed by atoms with Crippen molar-refractivity contribution in [1.82, 2.24) is 0 Å². The molecule has 11 heavy (non-hydrogen) atoms. The Bertz CT molecular complexity index is 79.1. The van der Waals surface area contributed by atoms with E-state index in [1.807, 2.05) is 0 Å². The summed E-state index contributed by atoms with van der Waals surface area (Å²) in [6.07, 6.45) is 0. The molecule has 4 N–H and O–H groups in total. The summed E-state index contributed by atoms with van der Waals surface area (Å²) in [6.45, 7) is 7.00. The molecule has 0 aliphatic heterocycles. The Morgan fingerprint density at radius 2 is 0.727 bits per heavy atom. The molecule has 0 aromatic heterocycles. The molecule has 0 amide bonds. The van der Waals surface area contributed by atoms with Gasteiger partial charge in [0.2, 0.25) is 0 Å². The maximum absolute atomic E-state index is 7.33. The molecule has 0 heterocycles. The van der Waals surface area contributed by atoms with Gasteiger partial charge in [0.15, 0.2) is 0 Å². The summed E-state index contributed by atoms with van der Waals surface area (Å²) >= 11 is 0. The van der Waals surface area contributed by atoms with Gasteiger partial charge in [-0.1, -0.05) is 0 Å². The Morgan fingerprint density at radius 3 is 0.727 bits per heavy atom. The molecule has 9 heteroatoms. The van der Waals surface area contributed by atoms with Gasteiger partial charge in [0.25, 0.3) is 0 Å². The topological polar surface area (TPSA) is 128 Å². The first-order valence-corrected chi connectivity index (χ1v) is 3.20. The van der Waals surface area contributed by atoms with Crippen LogP contribution in [0.2, 0.25) is 0 Å². The molecule has 0 aromatic carbocycles. The van der Waals surface area contributed by atoms with Crippen LogP contribution < -0.4 is 0 Å². The summed E-state index contributed by atoms with van der Waals surface area (Å²) in [5, 5.41) is 13.0. The average molecular weight is 198 g/mol. The minimum atomic E-state index is -4.61. The summed E-state index contributed by atoms with van der Waals surface area (Å²) in [4.78, 5) is 29.3. The summed E-state index contributed by atoms with van der Waals surface area (Å²) in [7, 11) is -4.61. The van der Waals surface area contributed by atoms with Crippen LogP contribution in [0.5, 0.6) is 0 Å². The van der Waals surface area contributed by atoms with Gasteiger partial charge in [-0.3, -0.25) is 0 Å². The molecule has 0 spiro atoms. The molecule has 0 radical (unpaired) electrons. The van der Waals surface area contributed by atoms with Crippen molar-refractivity contribution in [3.05, 3.63) is 0 Å². The van der Waals surface area contributed by atoms with E-state index >= 15 is 0 Å². The first-order chi connectivity index (χ1) is 4.00. The van der Waals surface area contributed by atoms with Crippen LogP contribution >= 0.6 is 0 Å². The van der Waals surface area contributed by atoms with Gasteiger partial charge in [0, 0.05) is 13.1 Å². The summed E-state index contributed by atoms with van der Waals surface area (Å²) in [6, 6.07) is 0. The van der Waals surface area contributed by atoms with Gasteiger partial charge in [-0.05, 0) is 0 Å². The number of nitriles is 2. The fourth-order valence-electron chi connectivity index (χ4n) is 0. The summed E-state index contributed by atoms with van der Waals surface area (Å²) in [5.74, 6) is 0. The van der Waals surface area contributed by atoms with Gasteiger partial charge in [0.1, 0.15) is 0 Å². The van der Waals surface area contributed by atoms with Crippen molar-refractivity contribution in [3.63, 3.8) is 0 Å². The molecule has 0 bridgehead atoms. The number of nitrogens with zero attached hydrogens (tertiary/aromatic N) is 2. The zero-order chi connectivity index (χ0) is 8.50. The second kappa shape index (κ2) is 22.5. The quantitative estimate of drug-likeness (QED) is 0.297. The van der Waals surface area contributed by atoms with E-state index in [1.165, 1.54) is 0 Å². The van der Waals surface area contributed by atoms with Crippen LogP contribution in [-0.4, -0.2) is 87.3 Å². The van der Waals surface area contributed by atoms with Crippen LogP contribution in [0.3, 0.4) is 0 Å². The van der Waals surface area contributed by atoms with Crippen LogP contribution in [0.1, 0.15) is 0 Å². The predicted octanol–water partition coefficient (Wildman–Crippen LogP) is -3.63. The van der Waals surface area contributed by atoms with Gasteiger partial charge in [-0.15, -0.1) is 0 Å². The van der Waals surface area contributed by atoms with Gasteiger partial charge in [-0.2, -0.15) is 0 Å². The SMILES string of the molecule is C#N.C#N.O[Si](O)(O)O.[NaH].[NaH]. The first kappa shape index (κ1) is 29.6. The zero-order valence-electron chi connectivity index (χ0n) is 4.34. The third-order valence-electron chi connectivity index (χ3n) is 0. The molecule has 0 fully saturated rings. The van der Waals surface area contributed by atoms with E-state index in [1.54, 1.807) is 0 Å². The maximum atomic E-state index is 7.33. The van der Waals surface area contributed by atoms with E-state index < -0.39 is 9.05 Å². The summed E-state index contributed by atoms with van der Waals surface area (Å²) < 4.78 is 0. The summed E-state index contributed by atoms with van der Waals surface area (Å²) in [5.41, 5.74) is 0. The molecule has 0 aromatic rings. The molecule has 0 aliphatic rings. The van der Waals surface area contributed by atoms with Crippen molar-refractivity contribution in [2.45, 2.75) is 0 Å². The van der Waals surface area contributed by atoms with Crippen LogP contribution in [-0.2, 0) is 0 Å². The molecule has 56 valence electrons. The van der Waals surface area contributed by atoms with Crippen LogP contribution in [0, 0.1) is 23.7 Å². The molecule has 6 nitrogen and oxygen atoms in total. The zero-order valence-corrected chi connectivity index (χ0v) is 5.34. The molecular formula is C2H8N2Na2O4Si. The van der Waals surface area contributed by atoms with Crippen molar-refractivity contribution in [1.29, 1.82) is 10.5 Å². The van der Waals surface area contributed by atoms with E-state index in [2.05, 4.69) is 13.1 Å². The monoisotopic (exact) mass is 198 g/mol. The van der Waals surface area contributed by atoms with Crippen molar-refractivity contribution in [2.75, 3.05) is 0 Å². The fraction of sp³-hybridized carbons (Fsp3) is 0. The minimum absolute atomic E-state index is 0. The van der Waals surface area contributed by atoms with E-state index in [4.69, 9.17) is 29.7 Å². The van der Waals surface area contributed by atoms with Crippen LogP contribution in [0.4, 0.5) is 0 Å². The molecule has 0 aliphatic carbocycles. The normalized spacial score (nSPS) is 5.82. The number of rotatable bonds is 0. The van der Waals surface area contributed by atoms with E-state index in [0.717, 1.165) is 0 Å². The van der Waals surface area contributed by atoms with Gasteiger partial charge in [0.05, 0.1) is 0 Å². The van der Waals surface area contributed by atoms with Crippen LogP contribution in [0.25, 0.3) is 0 Å². The number of hydrogen-bond acceptors (Lipinski definition) is 6. The van der Waals surface area contributed by atoms with Gasteiger partial charge < -0.3 is 19.2 Å². The number of hydrogen-bond donors (Lipinski definition) is 4. The fourth-order valence-corrected chi connectivity index (χ4v) is 0. The van der Waals surface area contributed by atoms with Gasteiger partial charge in [-0.25, -0.2) is 10.5 Å². The average Bonchev–Trinajstić information content (AvgIpc) is 1.72. The third kappa shape index (κ3) is 838. The molecule has 0 unspecified atom stereocenters. The Labute approximate surface area is 110 Å². The van der Waals surface area contributed by atoms with E-state index in [9.17, 15) is 0 Å². The van der Waals surface area contributed by atoms with Crippen LogP contribution in [0.15, 0.2) is 0 Å². The second-order valence-corrected chi connectivity index (χ2v) is 1.80. The molecule has 0 rings (SSSR count). The standard InChI is InChI=1S/2CHN.2Na.H4O4Si.2H/c2*1-2;;;1-5(2,3)4;;/h2*1H;;;1-4H;;. The molecule has 0 saturated heterocycles. The third-order valence-corrected chi connectivity index (χ3v) is 0. The Kier molecular flexibility index (Phi) is 60.4. The Hall–Kier alpha value is 1.04.